The van der Waals surface area contributed by atoms with Crippen LogP contribution >= 0.6 is 0 Å². The van der Waals surface area contributed by atoms with E-state index < -0.39 is 11.7 Å². The Morgan fingerprint density at radius 1 is 1.16 bits per heavy atom. The maximum absolute atomic E-state index is 15.7. The molecular weight excluding hydrogens is 409 g/mol. The Morgan fingerprint density at radius 3 is 2.59 bits per heavy atom. The van der Waals surface area contributed by atoms with Crippen LogP contribution in [0, 0.1) is 5.41 Å². The van der Waals surface area contributed by atoms with Gasteiger partial charge in [0.1, 0.15) is 11.9 Å². The second kappa shape index (κ2) is 7.23. The first-order chi connectivity index (χ1) is 15.2. The molecule has 2 aliphatic heterocycles. The van der Waals surface area contributed by atoms with Gasteiger partial charge >= 0.3 is 0 Å². The van der Waals surface area contributed by atoms with E-state index >= 15 is 4.39 Å². The number of alkyl halides is 1. The normalized spacial score (nSPS) is 29.9. The van der Waals surface area contributed by atoms with Gasteiger partial charge in [0, 0.05) is 30.6 Å². The van der Waals surface area contributed by atoms with Gasteiger partial charge in [-0.05, 0) is 51.1 Å². The van der Waals surface area contributed by atoms with Crippen molar-refractivity contribution in [2.24, 2.45) is 5.41 Å². The Morgan fingerprint density at radius 2 is 1.97 bits per heavy atom. The molecule has 1 aliphatic carbocycles. The van der Waals surface area contributed by atoms with Crippen molar-refractivity contribution in [3.8, 4) is 22.7 Å². The van der Waals surface area contributed by atoms with Gasteiger partial charge in [0.2, 0.25) is 0 Å². The Kier molecular flexibility index (Phi) is 4.70. The predicted octanol–water partition coefficient (Wildman–Crippen LogP) is 3.08. The maximum atomic E-state index is 15.7. The fraction of sp³-hybridized carbons (Fsp3) is 0.478. The summed E-state index contributed by atoms with van der Waals surface area (Å²) in [5, 5.41) is 27.0. The number of aromatic hydroxyl groups is 1. The quantitative estimate of drug-likeness (QED) is 0.672. The molecule has 3 fully saturated rings. The van der Waals surface area contributed by atoms with Crippen LogP contribution in [0.4, 0.5) is 10.2 Å². The SMILES string of the molecule is CN(c1ccc(-c2ccc(-n3ccnn3)cc2O)nn1)[C@H]1[C@H](F)[C@@]2(C)CC[C@]1(C)CN2C. The molecule has 0 unspecified atom stereocenters. The van der Waals surface area contributed by atoms with Crippen LogP contribution in [-0.2, 0) is 0 Å². The molecule has 0 radical (unpaired) electrons. The maximum Gasteiger partial charge on any atom is 0.151 e. The van der Waals surface area contributed by atoms with Crippen LogP contribution in [0.15, 0.2) is 42.7 Å². The monoisotopic (exact) mass is 437 g/mol. The molecule has 2 saturated heterocycles. The van der Waals surface area contributed by atoms with E-state index in [0.29, 0.717) is 22.8 Å². The predicted molar refractivity (Wildman–Crippen MR) is 120 cm³/mol. The summed E-state index contributed by atoms with van der Waals surface area (Å²) in [6.07, 6.45) is 4.14. The molecule has 1 aromatic carbocycles. The minimum Gasteiger partial charge on any atom is -0.507 e. The third-order valence-corrected chi connectivity index (χ3v) is 7.63. The number of benzene rings is 1. The number of phenols is 1. The largest absolute Gasteiger partial charge is 0.507 e. The highest BCUT2D eigenvalue weighted by Crippen LogP contribution is 2.52. The van der Waals surface area contributed by atoms with E-state index in [2.05, 4.69) is 32.3 Å². The molecule has 9 heteroatoms. The van der Waals surface area contributed by atoms with Crippen molar-refractivity contribution in [3.05, 3.63) is 42.7 Å². The fourth-order valence-corrected chi connectivity index (χ4v) is 5.50. The summed E-state index contributed by atoms with van der Waals surface area (Å²) >= 11 is 0. The van der Waals surface area contributed by atoms with Crippen molar-refractivity contribution in [2.75, 3.05) is 25.5 Å². The van der Waals surface area contributed by atoms with Gasteiger partial charge in [-0.15, -0.1) is 15.3 Å². The summed E-state index contributed by atoms with van der Waals surface area (Å²) < 4.78 is 17.3. The number of nitrogens with zero attached hydrogens (tertiary/aromatic N) is 7. The number of hydrogen-bond acceptors (Lipinski definition) is 7. The lowest BCUT2D eigenvalue weighted by molar-refractivity contribution is -0.123. The van der Waals surface area contributed by atoms with Gasteiger partial charge < -0.3 is 10.0 Å². The molecule has 2 aromatic heterocycles. The first kappa shape index (κ1) is 20.8. The minimum absolute atomic E-state index is 0.0743. The average molecular weight is 438 g/mol. The van der Waals surface area contributed by atoms with Crippen molar-refractivity contribution in [3.63, 3.8) is 0 Å². The van der Waals surface area contributed by atoms with E-state index in [1.165, 1.54) is 0 Å². The molecule has 0 spiro atoms. The molecule has 4 heterocycles. The van der Waals surface area contributed by atoms with Crippen LogP contribution in [0.3, 0.4) is 0 Å². The smallest absolute Gasteiger partial charge is 0.151 e. The summed E-state index contributed by atoms with van der Waals surface area (Å²) in [6.45, 7) is 5.06. The van der Waals surface area contributed by atoms with Crippen LogP contribution in [-0.4, -0.2) is 73.6 Å². The van der Waals surface area contributed by atoms with Gasteiger partial charge in [0.15, 0.2) is 5.82 Å². The zero-order chi connectivity index (χ0) is 22.7. The standard InChI is InChI=1S/C23H28FN7O/c1-22-9-10-23(2,29(3)14-22)20(24)21(22)30(4)19-8-7-17(26-27-19)16-6-5-15(13-18(16)32)31-12-11-25-28-31/h5-8,11-13,20-21,32H,9-10,14H2,1-4H3/t20-,21-,22+,23+/m0/s1. The summed E-state index contributed by atoms with van der Waals surface area (Å²) in [7, 11) is 3.93. The Labute approximate surface area is 186 Å². The van der Waals surface area contributed by atoms with Gasteiger partial charge in [-0.25, -0.2) is 9.07 Å². The summed E-state index contributed by atoms with van der Waals surface area (Å²) in [5.74, 6) is 0.699. The lowest BCUT2D eigenvalue weighted by Crippen LogP contribution is -2.74. The van der Waals surface area contributed by atoms with Gasteiger partial charge in [-0.3, -0.25) is 4.90 Å². The fourth-order valence-electron chi connectivity index (χ4n) is 5.50. The molecule has 2 bridgehead atoms. The highest BCUT2D eigenvalue weighted by atomic mass is 19.1. The molecule has 168 valence electrons. The van der Waals surface area contributed by atoms with E-state index in [4.69, 9.17) is 0 Å². The van der Waals surface area contributed by atoms with E-state index in [9.17, 15) is 5.11 Å². The van der Waals surface area contributed by atoms with Gasteiger partial charge in [-0.1, -0.05) is 12.1 Å². The van der Waals surface area contributed by atoms with Crippen LogP contribution in [0.25, 0.3) is 16.9 Å². The van der Waals surface area contributed by atoms with E-state index in [1.807, 2.05) is 44.1 Å². The topological polar surface area (TPSA) is 83.2 Å². The molecule has 32 heavy (non-hydrogen) atoms. The number of anilines is 1. The molecule has 3 aromatic rings. The van der Waals surface area contributed by atoms with Gasteiger partial charge in [-0.2, -0.15) is 0 Å². The Balaban J connectivity index is 1.41. The zero-order valence-corrected chi connectivity index (χ0v) is 18.8. The molecule has 1 N–H and O–H groups in total. The summed E-state index contributed by atoms with van der Waals surface area (Å²) in [5.41, 5.74) is 1.19. The van der Waals surface area contributed by atoms with Crippen LogP contribution in [0.5, 0.6) is 5.75 Å². The van der Waals surface area contributed by atoms with E-state index in [0.717, 1.165) is 19.4 Å². The number of fused-ring (bicyclic) bond motifs is 3. The third kappa shape index (κ3) is 3.06. The van der Waals surface area contributed by atoms with Crippen LogP contribution in [0.1, 0.15) is 26.7 Å². The minimum atomic E-state index is -0.986. The highest BCUT2D eigenvalue weighted by molar-refractivity contribution is 5.69. The number of aromatic nitrogens is 5. The molecule has 0 amide bonds. The lowest BCUT2D eigenvalue weighted by atomic mass is 9.59. The van der Waals surface area contributed by atoms with Crippen molar-refractivity contribution < 1.29 is 9.50 Å². The molecule has 8 nitrogen and oxygen atoms in total. The zero-order valence-electron chi connectivity index (χ0n) is 18.8. The summed E-state index contributed by atoms with van der Waals surface area (Å²) in [6, 6.07) is 8.60. The number of halogens is 1. The lowest BCUT2D eigenvalue weighted by Gasteiger charge is -2.63. The van der Waals surface area contributed by atoms with Crippen molar-refractivity contribution >= 4 is 5.82 Å². The van der Waals surface area contributed by atoms with Gasteiger partial charge in [0.25, 0.3) is 0 Å². The van der Waals surface area contributed by atoms with Crippen molar-refractivity contribution in [2.45, 2.75) is 44.4 Å². The average Bonchev–Trinajstić information content (AvgIpc) is 3.31. The number of piperidine rings is 2. The van der Waals surface area contributed by atoms with Crippen LogP contribution in [0.2, 0.25) is 0 Å². The molecular formula is C23H28FN7O. The highest BCUT2D eigenvalue weighted by Gasteiger charge is 2.61. The Hall–Kier alpha value is -3.07. The second-order valence-corrected chi connectivity index (χ2v) is 9.65. The van der Waals surface area contributed by atoms with Crippen molar-refractivity contribution in [1.29, 1.82) is 0 Å². The number of rotatable bonds is 4. The molecule has 4 atom stereocenters. The first-order valence-corrected chi connectivity index (χ1v) is 10.8. The third-order valence-electron chi connectivity index (χ3n) is 7.63. The molecule has 3 aliphatic rings. The number of hydrogen-bond donors (Lipinski definition) is 1. The molecule has 1 saturated carbocycles. The Bertz CT molecular complexity index is 1120. The van der Waals surface area contributed by atoms with Crippen molar-refractivity contribution in [1.82, 2.24) is 30.1 Å². The van der Waals surface area contributed by atoms with Gasteiger partial charge in [0.05, 0.1) is 35.4 Å². The first-order valence-electron chi connectivity index (χ1n) is 10.8. The number of phenolic OH excluding ortho intramolecular Hbond substituents is 1. The molecule has 6 rings (SSSR count). The van der Waals surface area contributed by atoms with E-state index in [1.54, 1.807) is 29.2 Å². The van der Waals surface area contributed by atoms with Crippen LogP contribution < -0.4 is 4.90 Å². The second-order valence-electron chi connectivity index (χ2n) is 9.65. The van der Waals surface area contributed by atoms with E-state index in [-0.39, 0.29) is 17.2 Å². The summed E-state index contributed by atoms with van der Waals surface area (Å²) in [4.78, 5) is 4.12.